The Morgan fingerprint density at radius 2 is 2.06 bits per heavy atom. The SMILES string of the molecule is C=C1NC2=C(C(=O)CC(C)(C)C2)C(c2ccc3c(c2)OCO3)C1C(=O)OCC1CCCO1. The largest absolute Gasteiger partial charge is 0.462 e. The maximum Gasteiger partial charge on any atom is 0.315 e. The quantitative estimate of drug-likeness (QED) is 0.718. The number of rotatable bonds is 4. The van der Waals surface area contributed by atoms with Gasteiger partial charge >= 0.3 is 5.97 Å². The van der Waals surface area contributed by atoms with Gasteiger partial charge in [0.2, 0.25) is 6.79 Å². The first-order chi connectivity index (χ1) is 15.3. The van der Waals surface area contributed by atoms with Gasteiger partial charge in [-0.2, -0.15) is 0 Å². The summed E-state index contributed by atoms with van der Waals surface area (Å²) in [5.74, 6) is -0.289. The fourth-order valence-electron chi connectivity index (χ4n) is 5.23. The molecule has 4 aliphatic rings. The molecule has 1 fully saturated rings. The van der Waals surface area contributed by atoms with Gasteiger partial charge in [-0.05, 0) is 42.4 Å². The number of esters is 1. The maximum atomic E-state index is 13.3. The number of ketones is 1. The van der Waals surface area contributed by atoms with Gasteiger partial charge in [-0.15, -0.1) is 0 Å². The van der Waals surface area contributed by atoms with Crippen molar-refractivity contribution in [1.29, 1.82) is 0 Å². The Balaban J connectivity index is 1.53. The molecule has 170 valence electrons. The number of fused-ring (bicyclic) bond motifs is 1. The summed E-state index contributed by atoms with van der Waals surface area (Å²) in [7, 11) is 0. The number of benzene rings is 1. The second-order valence-electron chi connectivity index (χ2n) is 9.82. The minimum atomic E-state index is -0.722. The van der Waals surface area contributed by atoms with Crippen molar-refractivity contribution in [3.63, 3.8) is 0 Å². The Kier molecular flexibility index (Phi) is 5.24. The zero-order valence-electron chi connectivity index (χ0n) is 18.6. The highest BCUT2D eigenvalue weighted by Gasteiger charge is 2.47. The molecule has 0 bridgehead atoms. The molecule has 1 aliphatic carbocycles. The van der Waals surface area contributed by atoms with Crippen LogP contribution in [-0.4, -0.2) is 37.9 Å². The molecule has 0 amide bonds. The highest BCUT2D eigenvalue weighted by molar-refractivity contribution is 6.01. The molecule has 5 rings (SSSR count). The van der Waals surface area contributed by atoms with Crippen LogP contribution >= 0.6 is 0 Å². The summed E-state index contributed by atoms with van der Waals surface area (Å²) in [6.45, 7) is 9.39. The van der Waals surface area contributed by atoms with E-state index in [1.54, 1.807) is 0 Å². The van der Waals surface area contributed by atoms with E-state index < -0.39 is 17.8 Å². The zero-order chi connectivity index (χ0) is 22.5. The normalized spacial score (nSPS) is 28.4. The van der Waals surface area contributed by atoms with Crippen LogP contribution in [0, 0.1) is 11.3 Å². The van der Waals surface area contributed by atoms with Crippen molar-refractivity contribution in [3.8, 4) is 11.5 Å². The van der Waals surface area contributed by atoms with Crippen LogP contribution in [0.15, 0.2) is 41.7 Å². The summed E-state index contributed by atoms with van der Waals surface area (Å²) in [5.41, 5.74) is 2.71. The molecule has 3 aliphatic heterocycles. The van der Waals surface area contributed by atoms with Crippen molar-refractivity contribution in [2.24, 2.45) is 11.3 Å². The predicted molar refractivity (Wildman–Crippen MR) is 116 cm³/mol. The Bertz CT molecular complexity index is 1000. The average Bonchev–Trinajstić information content (AvgIpc) is 3.41. The van der Waals surface area contributed by atoms with Crippen molar-refractivity contribution >= 4 is 11.8 Å². The van der Waals surface area contributed by atoms with E-state index in [4.69, 9.17) is 18.9 Å². The summed E-state index contributed by atoms with van der Waals surface area (Å²) in [6.07, 6.45) is 2.93. The van der Waals surface area contributed by atoms with E-state index in [0.29, 0.717) is 42.2 Å². The number of allylic oxidation sites excluding steroid dienone is 2. The van der Waals surface area contributed by atoms with Gasteiger partial charge in [0.15, 0.2) is 17.3 Å². The number of carbonyl (C=O) groups is 2. The molecular formula is C25H29NO6. The van der Waals surface area contributed by atoms with Crippen LogP contribution in [0.1, 0.15) is 51.0 Å². The molecule has 7 heteroatoms. The van der Waals surface area contributed by atoms with Crippen LogP contribution in [0.4, 0.5) is 0 Å². The highest BCUT2D eigenvalue weighted by atomic mass is 16.7. The average molecular weight is 440 g/mol. The molecule has 3 atom stereocenters. The van der Waals surface area contributed by atoms with Crippen molar-refractivity contribution in [2.75, 3.05) is 20.0 Å². The van der Waals surface area contributed by atoms with Crippen LogP contribution in [0.2, 0.25) is 0 Å². The van der Waals surface area contributed by atoms with E-state index in [1.165, 1.54) is 0 Å². The second kappa shape index (κ2) is 7.96. The van der Waals surface area contributed by atoms with Gasteiger partial charge < -0.3 is 24.3 Å². The van der Waals surface area contributed by atoms with Gasteiger partial charge in [0.25, 0.3) is 0 Å². The van der Waals surface area contributed by atoms with Crippen molar-refractivity contribution in [2.45, 2.75) is 51.6 Å². The molecule has 0 radical (unpaired) electrons. The fourth-order valence-corrected chi connectivity index (χ4v) is 5.23. The third-order valence-electron chi connectivity index (χ3n) is 6.70. The van der Waals surface area contributed by atoms with E-state index in [0.717, 1.165) is 24.1 Å². The van der Waals surface area contributed by atoms with Gasteiger partial charge in [-0.3, -0.25) is 9.59 Å². The van der Waals surface area contributed by atoms with Crippen LogP contribution in [0.5, 0.6) is 11.5 Å². The van der Waals surface area contributed by atoms with E-state index in [-0.39, 0.29) is 30.7 Å². The van der Waals surface area contributed by atoms with E-state index in [1.807, 2.05) is 18.2 Å². The van der Waals surface area contributed by atoms with Crippen LogP contribution in [0.3, 0.4) is 0 Å². The molecule has 0 spiro atoms. The molecule has 32 heavy (non-hydrogen) atoms. The summed E-state index contributed by atoms with van der Waals surface area (Å²) in [5, 5.41) is 3.29. The molecule has 1 saturated heterocycles. The zero-order valence-corrected chi connectivity index (χ0v) is 18.6. The Morgan fingerprint density at radius 1 is 1.25 bits per heavy atom. The summed E-state index contributed by atoms with van der Waals surface area (Å²) < 4.78 is 22.3. The smallest absolute Gasteiger partial charge is 0.315 e. The van der Waals surface area contributed by atoms with E-state index >= 15 is 0 Å². The molecule has 3 unspecified atom stereocenters. The van der Waals surface area contributed by atoms with Crippen molar-refractivity contribution in [3.05, 3.63) is 47.3 Å². The van der Waals surface area contributed by atoms with Crippen LogP contribution in [-0.2, 0) is 19.1 Å². The number of ether oxygens (including phenoxy) is 4. The van der Waals surface area contributed by atoms with Crippen LogP contribution < -0.4 is 14.8 Å². The first-order valence-corrected chi connectivity index (χ1v) is 11.2. The number of hydrogen-bond donors (Lipinski definition) is 1. The number of nitrogens with one attached hydrogen (secondary N) is 1. The van der Waals surface area contributed by atoms with Gasteiger partial charge in [-0.1, -0.05) is 26.5 Å². The lowest BCUT2D eigenvalue weighted by molar-refractivity contribution is -0.151. The molecule has 0 saturated carbocycles. The van der Waals surface area contributed by atoms with E-state index in [9.17, 15) is 9.59 Å². The molecule has 1 N–H and O–H groups in total. The molecule has 7 nitrogen and oxygen atoms in total. The third-order valence-corrected chi connectivity index (χ3v) is 6.70. The minimum Gasteiger partial charge on any atom is -0.462 e. The highest BCUT2D eigenvalue weighted by Crippen LogP contribution is 2.49. The summed E-state index contributed by atoms with van der Waals surface area (Å²) >= 11 is 0. The number of hydrogen-bond acceptors (Lipinski definition) is 7. The lowest BCUT2D eigenvalue weighted by Crippen LogP contribution is -2.44. The summed E-state index contributed by atoms with van der Waals surface area (Å²) in [6, 6.07) is 5.59. The molecule has 1 aromatic rings. The Hall–Kier alpha value is -2.80. The monoisotopic (exact) mass is 439 g/mol. The first kappa shape index (κ1) is 21.1. The second-order valence-corrected chi connectivity index (χ2v) is 9.82. The molecular weight excluding hydrogens is 410 g/mol. The lowest BCUT2D eigenvalue weighted by Gasteiger charge is -2.42. The molecule has 0 aromatic heterocycles. The minimum absolute atomic E-state index is 0.0517. The standard InChI is InChI=1S/C25H29NO6/c1-14-21(24(28)30-12-16-5-4-8-29-16)22(15-6-7-19-20(9-15)32-13-31-19)23-17(26-14)10-25(2,3)11-18(23)27/h6-7,9,16,21-22,26H,1,4-5,8,10-13H2,2-3H3. The fraction of sp³-hybridized carbons (Fsp3) is 0.520. The number of carbonyl (C=O) groups excluding carboxylic acids is 2. The third kappa shape index (κ3) is 3.79. The topological polar surface area (TPSA) is 83.1 Å². The van der Waals surface area contributed by atoms with Gasteiger partial charge in [0, 0.05) is 35.9 Å². The number of Topliss-reactive ketones (excluding diaryl/α,β-unsaturated/α-hetero) is 1. The Morgan fingerprint density at radius 3 is 2.84 bits per heavy atom. The van der Waals surface area contributed by atoms with Crippen molar-refractivity contribution in [1.82, 2.24) is 5.32 Å². The van der Waals surface area contributed by atoms with Gasteiger partial charge in [0.05, 0.1) is 6.10 Å². The summed E-state index contributed by atoms with van der Waals surface area (Å²) in [4.78, 5) is 26.7. The first-order valence-electron chi connectivity index (χ1n) is 11.2. The Labute approximate surface area is 187 Å². The van der Waals surface area contributed by atoms with E-state index in [2.05, 4.69) is 25.7 Å². The molecule has 3 heterocycles. The predicted octanol–water partition coefficient (Wildman–Crippen LogP) is 3.60. The molecule has 1 aromatic carbocycles. The lowest BCUT2D eigenvalue weighted by atomic mass is 9.66. The van der Waals surface area contributed by atoms with Gasteiger partial charge in [0.1, 0.15) is 12.5 Å². The van der Waals surface area contributed by atoms with Crippen molar-refractivity contribution < 1.29 is 28.5 Å². The van der Waals surface area contributed by atoms with Crippen LogP contribution in [0.25, 0.3) is 0 Å². The van der Waals surface area contributed by atoms with Gasteiger partial charge in [-0.25, -0.2) is 0 Å². The maximum absolute atomic E-state index is 13.3.